The molecule has 2 rings (SSSR count). The highest BCUT2D eigenvalue weighted by molar-refractivity contribution is 7.80. The predicted octanol–water partition coefficient (Wildman–Crippen LogP) is 3.06. The number of nitrogens with zero attached hydrogens (tertiary/aromatic N) is 1. The number of benzene rings is 1. The van der Waals surface area contributed by atoms with Crippen LogP contribution in [0.5, 0.6) is 0 Å². The smallest absolute Gasteiger partial charge is 0.274 e. The van der Waals surface area contributed by atoms with Crippen LogP contribution in [0.2, 0.25) is 0 Å². The largest absolute Gasteiger partial charge is 0.354 e. The summed E-state index contributed by atoms with van der Waals surface area (Å²) in [6.45, 7) is 5.98. The molecular formula is C26H35N5O4S. The first kappa shape index (κ1) is 28.7. The van der Waals surface area contributed by atoms with E-state index in [1.165, 1.54) is 23.8 Å². The van der Waals surface area contributed by atoms with Crippen molar-refractivity contribution >= 4 is 46.3 Å². The van der Waals surface area contributed by atoms with E-state index in [1.807, 2.05) is 30.3 Å². The number of anilines is 2. The van der Waals surface area contributed by atoms with Crippen LogP contribution in [0.25, 0.3) is 0 Å². The summed E-state index contributed by atoms with van der Waals surface area (Å²) in [7, 11) is 0. The van der Waals surface area contributed by atoms with Gasteiger partial charge in [-0.2, -0.15) is 0 Å². The Bertz CT molecular complexity index is 1100. The molecule has 0 aliphatic heterocycles. The lowest BCUT2D eigenvalue weighted by Crippen LogP contribution is -2.46. The summed E-state index contributed by atoms with van der Waals surface area (Å²) in [5.74, 6) is -0.469. The molecule has 0 bridgehead atoms. The Hall–Kier alpha value is -3.53. The van der Waals surface area contributed by atoms with Crippen molar-refractivity contribution in [3.05, 3.63) is 59.0 Å². The molecular weight excluding hydrogens is 478 g/mol. The number of pyridine rings is 1. The Morgan fingerprint density at radius 1 is 1.00 bits per heavy atom. The Kier molecular flexibility index (Phi) is 11.8. The van der Waals surface area contributed by atoms with Crippen LogP contribution in [0.15, 0.2) is 53.5 Å². The molecule has 2 aromatic rings. The molecule has 0 aliphatic rings. The van der Waals surface area contributed by atoms with Crippen molar-refractivity contribution in [2.75, 3.05) is 17.2 Å². The third-order valence-corrected chi connectivity index (χ3v) is 5.99. The fourth-order valence-corrected chi connectivity index (χ4v) is 3.75. The number of ketones is 1. The molecule has 0 saturated heterocycles. The molecule has 1 heterocycles. The minimum absolute atomic E-state index is 0.0341. The van der Waals surface area contributed by atoms with E-state index in [0.29, 0.717) is 12.5 Å². The zero-order valence-corrected chi connectivity index (χ0v) is 21.8. The number of para-hydroxylation sites is 1. The van der Waals surface area contributed by atoms with Crippen LogP contribution in [-0.4, -0.2) is 39.9 Å². The highest BCUT2D eigenvalue weighted by Crippen LogP contribution is 2.08. The van der Waals surface area contributed by atoms with Gasteiger partial charge in [-0.15, -0.1) is 0 Å². The van der Waals surface area contributed by atoms with Crippen molar-refractivity contribution < 1.29 is 14.4 Å². The average molecular weight is 514 g/mol. The van der Waals surface area contributed by atoms with Crippen molar-refractivity contribution in [1.82, 2.24) is 15.2 Å². The Balaban J connectivity index is 2.07. The predicted molar refractivity (Wildman–Crippen MR) is 146 cm³/mol. The lowest BCUT2D eigenvalue weighted by Gasteiger charge is -2.20. The summed E-state index contributed by atoms with van der Waals surface area (Å²) < 4.78 is 1.25. The maximum atomic E-state index is 13.0. The van der Waals surface area contributed by atoms with E-state index < -0.39 is 17.5 Å². The molecule has 2 amide bonds. The third-order valence-electron chi connectivity index (χ3n) is 5.77. The minimum Gasteiger partial charge on any atom is -0.354 e. The van der Waals surface area contributed by atoms with E-state index >= 15 is 0 Å². The first-order valence-electron chi connectivity index (χ1n) is 12.1. The average Bonchev–Trinajstić information content (AvgIpc) is 2.85. The number of amides is 2. The number of nitrogens with one attached hydrogen (secondary N) is 4. The van der Waals surface area contributed by atoms with Gasteiger partial charge in [0.2, 0.25) is 11.8 Å². The minimum atomic E-state index is -0.853. The van der Waals surface area contributed by atoms with Crippen molar-refractivity contribution in [1.29, 1.82) is 0 Å². The van der Waals surface area contributed by atoms with Crippen LogP contribution in [0.4, 0.5) is 11.4 Å². The highest BCUT2D eigenvalue weighted by atomic mass is 32.1. The van der Waals surface area contributed by atoms with Gasteiger partial charge < -0.3 is 30.6 Å². The summed E-state index contributed by atoms with van der Waals surface area (Å²) in [6.07, 6.45) is 3.77. The molecule has 0 saturated carbocycles. The second-order valence-corrected chi connectivity index (χ2v) is 9.00. The normalized spacial score (nSPS) is 11.4. The fourth-order valence-electron chi connectivity index (χ4n) is 3.49. The molecule has 0 aliphatic carbocycles. The molecule has 0 fully saturated rings. The van der Waals surface area contributed by atoms with Crippen LogP contribution in [0.3, 0.4) is 0 Å². The van der Waals surface area contributed by atoms with Gasteiger partial charge in [0.05, 0.1) is 0 Å². The number of Topliss-reactive ketones (excluding diaryl/α,β-unsaturated/α-hetero) is 1. The Labute approximate surface area is 217 Å². The van der Waals surface area contributed by atoms with Crippen molar-refractivity contribution in [3.63, 3.8) is 0 Å². The zero-order chi connectivity index (χ0) is 26.5. The molecule has 0 spiro atoms. The van der Waals surface area contributed by atoms with Crippen molar-refractivity contribution in [3.8, 4) is 0 Å². The molecule has 1 atom stereocenters. The Morgan fingerprint density at radius 3 is 2.33 bits per heavy atom. The molecule has 0 unspecified atom stereocenters. The third kappa shape index (κ3) is 9.61. The van der Waals surface area contributed by atoms with E-state index in [2.05, 4.69) is 35.1 Å². The monoisotopic (exact) mass is 513 g/mol. The number of carbonyl (C=O) groups is 3. The second kappa shape index (κ2) is 14.8. The zero-order valence-electron chi connectivity index (χ0n) is 21.0. The van der Waals surface area contributed by atoms with Gasteiger partial charge in [-0.1, -0.05) is 44.9 Å². The van der Waals surface area contributed by atoms with E-state index in [0.717, 1.165) is 18.5 Å². The topological polar surface area (TPSA) is 121 Å². The van der Waals surface area contributed by atoms with Gasteiger partial charge in [0.1, 0.15) is 24.1 Å². The maximum Gasteiger partial charge on any atom is 0.274 e. The summed E-state index contributed by atoms with van der Waals surface area (Å²) in [5, 5.41) is 11.6. The number of hydrogen-bond donors (Lipinski definition) is 4. The molecule has 36 heavy (non-hydrogen) atoms. The highest BCUT2D eigenvalue weighted by Gasteiger charge is 2.21. The lowest BCUT2D eigenvalue weighted by atomic mass is 10.0. The van der Waals surface area contributed by atoms with Crippen LogP contribution in [-0.2, 0) is 20.9 Å². The van der Waals surface area contributed by atoms with Crippen molar-refractivity contribution in [2.24, 2.45) is 5.92 Å². The van der Waals surface area contributed by atoms with Crippen LogP contribution < -0.4 is 26.8 Å². The van der Waals surface area contributed by atoms with Gasteiger partial charge in [-0.05, 0) is 55.7 Å². The first-order chi connectivity index (χ1) is 17.2. The van der Waals surface area contributed by atoms with Gasteiger partial charge in [0.25, 0.3) is 5.56 Å². The van der Waals surface area contributed by atoms with Gasteiger partial charge in [0.15, 0.2) is 5.11 Å². The van der Waals surface area contributed by atoms with Crippen LogP contribution in [0.1, 0.15) is 46.5 Å². The summed E-state index contributed by atoms with van der Waals surface area (Å²) >= 11 is 5.33. The standard InChI is InChI=1S/C26H35N5O4S/c1-4-19(5-2)16-27-23(33)17-31-15-9-12-22(25(31)35)29-24(34)21(14-13-18(3)32)30-26(36)28-20-10-7-6-8-11-20/h6-12,15,19,21H,4-5,13-14,16-17H2,1-3H3,(H,27,33)(H,29,34)(H2,28,30,36)/t21-/m0/s1. The van der Waals surface area contributed by atoms with Crippen molar-refractivity contribution in [2.45, 2.75) is 59.0 Å². The van der Waals surface area contributed by atoms with E-state index in [9.17, 15) is 19.2 Å². The SMILES string of the molecule is CCC(CC)CNC(=O)Cn1cccc(NC(=O)[C@H](CCC(C)=O)NC(=S)Nc2ccccc2)c1=O. The van der Waals surface area contributed by atoms with Crippen LogP contribution in [0, 0.1) is 5.92 Å². The summed E-state index contributed by atoms with van der Waals surface area (Å²) in [6, 6.07) is 11.4. The van der Waals surface area contributed by atoms with Crippen LogP contribution >= 0.6 is 12.2 Å². The number of rotatable bonds is 13. The molecule has 1 aromatic carbocycles. The molecule has 1 aromatic heterocycles. The summed E-state index contributed by atoms with van der Waals surface area (Å²) in [4.78, 5) is 49.8. The molecule has 4 N–H and O–H groups in total. The van der Waals surface area contributed by atoms with Gasteiger partial charge in [0, 0.05) is 24.8 Å². The number of thiocarbonyl (C=S) groups is 1. The van der Waals surface area contributed by atoms with Gasteiger partial charge >= 0.3 is 0 Å². The first-order valence-corrected chi connectivity index (χ1v) is 12.5. The number of aromatic nitrogens is 1. The van der Waals surface area contributed by atoms with E-state index in [4.69, 9.17) is 12.2 Å². The van der Waals surface area contributed by atoms with E-state index in [1.54, 1.807) is 6.07 Å². The van der Waals surface area contributed by atoms with Gasteiger partial charge in [-0.25, -0.2) is 0 Å². The summed E-state index contributed by atoms with van der Waals surface area (Å²) in [5.41, 5.74) is 0.278. The second-order valence-electron chi connectivity index (χ2n) is 8.59. The van der Waals surface area contributed by atoms with Gasteiger partial charge in [-0.3, -0.25) is 14.4 Å². The number of hydrogen-bond acceptors (Lipinski definition) is 5. The lowest BCUT2D eigenvalue weighted by molar-refractivity contribution is -0.122. The maximum absolute atomic E-state index is 13.0. The quantitative estimate of drug-likeness (QED) is 0.304. The van der Waals surface area contributed by atoms with E-state index in [-0.39, 0.29) is 41.9 Å². The number of carbonyl (C=O) groups excluding carboxylic acids is 3. The Morgan fingerprint density at radius 2 is 1.69 bits per heavy atom. The fraction of sp³-hybridized carbons (Fsp3) is 0.423. The molecule has 0 radical (unpaired) electrons. The molecule has 9 nitrogen and oxygen atoms in total. The molecule has 194 valence electrons. The molecule has 10 heteroatoms.